The van der Waals surface area contributed by atoms with Crippen LogP contribution in [-0.4, -0.2) is 41.7 Å². The van der Waals surface area contributed by atoms with Gasteiger partial charge in [-0.25, -0.2) is 0 Å². The second-order valence-electron chi connectivity index (χ2n) is 5.58. The Bertz CT molecular complexity index is 445. The smallest absolute Gasteiger partial charge is 0.317 e. The Morgan fingerprint density at radius 1 is 1.32 bits per heavy atom. The second kappa shape index (κ2) is 5.21. The van der Waals surface area contributed by atoms with Crippen molar-refractivity contribution in [2.24, 2.45) is 5.92 Å². The molecular formula is C15H19NO3. The lowest BCUT2D eigenvalue weighted by Gasteiger charge is -2.23. The lowest BCUT2D eigenvalue weighted by Crippen LogP contribution is -2.39. The first-order valence-electron chi connectivity index (χ1n) is 6.89. The maximum absolute atomic E-state index is 10.9. The summed E-state index contributed by atoms with van der Waals surface area (Å²) in [7, 11) is 0. The number of carbonyl (C=O) groups is 1. The van der Waals surface area contributed by atoms with Crippen LogP contribution in [0.4, 0.5) is 0 Å². The van der Waals surface area contributed by atoms with Crippen LogP contribution in [0.25, 0.3) is 0 Å². The predicted molar refractivity (Wildman–Crippen MR) is 71.4 cm³/mol. The van der Waals surface area contributed by atoms with E-state index in [1.807, 2.05) is 23.1 Å². The van der Waals surface area contributed by atoms with Crippen LogP contribution in [0.3, 0.4) is 0 Å². The number of carboxylic acid groups (broad SMARTS) is 1. The van der Waals surface area contributed by atoms with Gasteiger partial charge in [-0.2, -0.15) is 0 Å². The first-order chi connectivity index (χ1) is 9.20. The average Bonchev–Trinajstić information content (AvgIpc) is 3.06. The van der Waals surface area contributed by atoms with Crippen LogP contribution >= 0.6 is 0 Å². The topological polar surface area (TPSA) is 49.8 Å². The van der Waals surface area contributed by atoms with E-state index < -0.39 is 5.97 Å². The molecule has 1 heterocycles. The Kier molecular flexibility index (Phi) is 3.42. The molecule has 4 nitrogen and oxygen atoms in total. The maximum atomic E-state index is 10.9. The number of aliphatic carboxylic acids is 1. The highest BCUT2D eigenvalue weighted by molar-refractivity contribution is 5.69. The molecule has 1 atom stereocenters. The van der Waals surface area contributed by atoms with E-state index in [1.54, 1.807) is 0 Å². The number of hydrogen-bond donors (Lipinski definition) is 1. The Hall–Kier alpha value is -1.55. The van der Waals surface area contributed by atoms with Crippen LogP contribution in [-0.2, 0) is 11.2 Å². The van der Waals surface area contributed by atoms with E-state index >= 15 is 0 Å². The number of para-hydroxylation sites is 1. The molecule has 102 valence electrons. The molecule has 0 aromatic heterocycles. The summed E-state index contributed by atoms with van der Waals surface area (Å²) >= 11 is 0. The van der Waals surface area contributed by atoms with E-state index in [0.717, 1.165) is 18.7 Å². The Morgan fingerprint density at radius 3 is 2.79 bits per heavy atom. The van der Waals surface area contributed by atoms with Crippen molar-refractivity contribution >= 4 is 5.97 Å². The average molecular weight is 261 g/mol. The largest absolute Gasteiger partial charge is 0.488 e. The molecule has 0 radical (unpaired) electrons. The molecule has 1 saturated carbocycles. The molecule has 19 heavy (non-hydrogen) atoms. The van der Waals surface area contributed by atoms with Crippen molar-refractivity contribution in [1.29, 1.82) is 0 Å². The summed E-state index contributed by atoms with van der Waals surface area (Å²) in [6.07, 6.45) is 3.45. The third-order valence-corrected chi connectivity index (χ3v) is 3.75. The Balaban J connectivity index is 1.58. The van der Waals surface area contributed by atoms with Gasteiger partial charge in [-0.05, 0) is 30.4 Å². The zero-order valence-electron chi connectivity index (χ0n) is 10.9. The number of rotatable bonds is 6. The molecule has 2 aliphatic rings. The zero-order chi connectivity index (χ0) is 13.2. The third kappa shape index (κ3) is 3.26. The summed E-state index contributed by atoms with van der Waals surface area (Å²) in [6.45, 7) is 1.71. The van der Waals surface area contributed by atoms with E-state index in [0.29, 0.717) is 12.5 Å². The van der Waals surface area contributed by atoms with Crippen molar-refractivity contribution < 1.29 is 14.6 Å². The summed E-state index contributed by atoms with van der Waals surface area (Å²) in [5, 5.41) is 8.98. The molecule has 1 unspecified atom stereocenters. The summed E-state index contributed by atoms with van der Waals surface area (Å²) in [4.78, 5) is 12.9. The number of benzene rings is 1. The van der Waals surface area contributed by atoms with Crippen LogP contribution in [0, 0.1) is 5.92 Å². The number of ether oxygens (including phenoxy) is 1. The third-order valence-electron chi connectivity index (χ3n) is 3.75. The Labute approximate surface area is 113 Å². The van der Waals surface area contributed by atoms with Gasteiger partial charge in [0.15, 0.2) is 0 Å². The van der Waals surface area contributed by atoms with E-state index in [-0.39, 0.29) is 12.6 Å². The zero-order valence-corrected chi connectivity index (χ0v) is 10.9. The molecule has 1 aromatic rings. The molecule has 0 bridgehead atoms. The van der Waals surface area contributed by atoms with Gasteiger partial charge in [0.1, 0.15) is 11.9 Å². The van der Waals surface area contributed by atoms with Gasteiger partial charge in [0.05, 0.1) is 6.54 Å². The van der Waals surface area contributed by atoms with Crippen LogP contribution in [0.5, 0.6) is 5.75 Å². The van der Waals surface area contributed by atoms with E-state index in [1.165, 1.54) is 18.4 Å². The molecule has 0 spiro atoms. The van der Waals surface area contributed by atoms with Gasteiger partial charge >= 0.3 is 5.97 Å². The monoisotopic (exact) mass is 261 g/mol. The van der Waals surface area contributed by atoms with Gasteiger partial charge in [-0.15, -0.1) is 0 Å². The van der Waals surface area contributed by atoms with E-state index in [2.05, 4.69) is 6.07 Å². The summed E-state index contributed by atoms with van der Waals surface area (Å²) in [6, 6.07) is 8.06. The standard InChI is InChI=1S/C15H19NO3/c17-15(18)10-16(8-11-5-6-11)9-13-7-12-3-1-2-4-14(12)19-13/h1-4,11,13H,5-10H2,(H,17,18). The second-order valence-corrected chi connectivity index (χ2v) is 5.58. The fraction of sp³-hybridized carbons (Fsp3) is 0.533. The quantitative estimate of drug-likeness (QED) is 0.848. The van der Waals surface area contributed by atoms with Crippen molar-refractivity contribution in [3.63, 3.8) is 0 Å². The number of hydrogen-bond acceptors (Lipinski definition) is 3. The molecule has 1 aromatic carbocycles. The maximum Gasteiger partial charge on any atom is 0.317 e. The molecule has 4 heteroatoms. The van der Waals surface area contributed by atoms with Crippen molar-refractivity contribution in [1.82, 2.24) is 4.90 Å². The number of carboxylic acids is 1. The SMILES string of the molecule is O=C(O)CN(CC1CC1)CC1Cc2ccccc2O1. The highest BCUT2D eigenvalue weighted by Gasteiger charge is 2.29. The van der Waals surface area contributed by atoms with Crippen molar-refractivity contribution in [2.45, 2.75) is 25.4 Å². The highest BCUT2D eigenvalue weighted by Crippen LogP contribution is 2.31. The molecule has 0 amide bonds. The Morgan fingerprint density at radius 2 is 2.11 bits per heavy atom. The van der Waals surface area contributed by atoms with Crippen LogP contribution in [0.2, 0.25) is 0 Å². The van der Waals surface area contributed by atoms with Gasteiger partial charge in [0, 0.05) is 19.5 Å². The van der Waals surface area contributed by atoms with E-state index in [9.17, 15) is 4.79 Å². The predicted octanol–water partition coefficient (Wildman–Crippen LogP) is 1.79. The lowest BCUT2D eigenvalue weighted by atomic mass is 10.1. The molecule has 1 aliphatic heterocycles. The minimum Gasteiger partial charge on any atom is -0.488 e. The van der Waals surface area contributed by atoms with Crippen LogP contribution < -0.4 is 4.74 Å². The minimum absolute atomic E-state index is 0.0931. The van der Waals surface area contributed by atoms with Gasteiger partial charge in [-0.1, -0.05) is 18.2 Å². The fourth-order valence-corrected chi connectivity index (χ4v) is 2.70. The summed E-state index contributed by atoms with van der Waals surface area (Å²) in [5.74, 6) is 0.897. The molecule has 1 aliphatic carbocycles. The van der Waals surface area contributed by atoms with Crippen LogP contribution in [0.1, 0.15) is 18.4 Å². The lowest BCUT2D eigenvalue weighted by molar-refractivity contribution is -0.138. The number of nitrogens with zero attached hydrogens (tertiary/aromatic N) is 1. The summed E-state index contributed by atoms with van der Waals surface area (Å²) < 4.78 is 5.89. The van der Waals surface area contributed by atoms with Gasteiger partial charge < -0.3 is 9.84 Å². The molecule has 1 fully saturated rings. The first-order valence-corrected chi connectivity index (χ1v) is 6.89. The number of fused-ring (bicyclic) bond motifs is 1. The van der Waals surface area contributed by atoms with Crippen molar-refractivity contribution in [3.05, 3.63) is 29.8 Å². The van der Waals surface area contributed by atoms with Crippen molar-refractivity contribution in [3.8, 4) is 5.75 Å². The molecule has 3 rings (SSSR count). The van der Waals surface area contributed by atoms with Crippen molar-refractivity contribution in [2.75, 3.05) is 19.6 Å². The normalized spacial score (nSPS) is 21.2. The molecule has 0 saturated heterocycles. The molecule has 1 N–H and O–H groups in total. The van der Waals surface area contributed by atoms with E-state index in [4.69, 9.17) is 9.84 Å². The minimum atomic E-state index is -0.754. The highest BCUT2D eigenvalue weighted by atomic mass is 16.5. The first kappa shape index (κ1) is 12.5. The fourth-order valence-electron chi connectivity index (χ4n) is 2.70. The van der Waals surface area contributed by atoms with Crippen LogP contribution in [0.15, 0.2) is 24.3 Å². The summed E-state index contributed by atoms with van der Waals surface area (Å²) in [5.41, 5.74) is 1.23. The molecular weight excluding hydrogens is 242 g/mol. The van der Waals surface area contributed by atoms with Gasteiger partial charge in [0.2, 0.25) is 0 Å². The van der Waals surface area contributed by atoms with Gasteiger partial charge in [-0.3, -0.25) is 9.69 Å². The van der Waals surface area contributed by atoms with Gasteiger partial charge in [0.25, 0.3) is 0 Å².